The quantitative estimate of drug-likeness (QED) is 0.102. The number of para-hydroxylation sites is 1. The van der Waals surface area contributed by atoms with Crippen LogP contribution in [0, 0.1) is 6.92 Å². The van der Waals surface area contributed by atoms with Gasteiger partial charge in [-0.25, -0.2) is 0 Å². The molecule has 39 heavy (non-hydrogen) atoms. The van der Waals surface area contributed by atoms with E-state index in [0.717, 1.165) is 23.3 Å². The molecule has 0 saturated carbocycles. The number of unbranched alkanes of at least 4 members (excludes halogenated alkanes) is 10. The number of thioether (sulfide) groups is 2. The van der Waals surface area contributed by atoms with E-state index in [-0.39, 0.29) is 0 Å². The number of hydrogen-bond acceptors (Lipinski definition) is 3. The molecule has 0 spiro atoms. The Morgan fingerprint density at radius 3 is 1.82 bits per heavy atom. The summed E-state index contributed by atoms with van der Waals surface area (Å²) in [6, 6.07) is 17.7. The molecule has 0 bridgehead atoms. The van der Waals surface area contributed by atoms with E-state index >= 15 is 0 Å². The van der Waals surface area contributed by atoms with Gasteiger partial charge in [-0.2, -0.15) is 0 Å². The fourth-order valence-electron chi connectivity index (χ4n) is 5.78. The molecule has 3 aromatic carbocycles. The maximum Gasteiger partial charge on any atom is 0.126 e. The maximum atomic E-state index is 11.2. The standard InChI is InChI=1S/C36H48OS2/c1-4-6-8-10-12-16-23-38-32-26-33(39-24-17-13-11-9-7-5-2)35(30-22-18-19-27(3)36(30)37)31-25-28-20-14-15-21-29(28)34(31)32/h14-15,18-22,26,37H,4-13,16-17,23-25H2,1-3H3. The summed E-state index contributed by atoms with van der Waals surface area (Å²) >= 11 is 4.06. The van der Waals surface area contributed by atoms with Gasteiger partial charge in [-0.15, -0.1) is 23.5 Å². The molecule has 3 heteroatoms. The molecule has 0 saturated heterocycles. The predicted octanol–water partition coefficient (Wildman–Crippen LogP) is 11.8. The first-order valence-electron chi connectivity index (χ1n) is 15.5. The molecular weight excluding hydrogens is 513 g/mol. The van der Waals surface area contributed by atoms with E-state index in [4.69, 9.17) is 0 Å². The van der Waals surface area contributed by atoms with Crippen LogP contribution < -0.4 is 0 Å². The van der Waals surface area contributed by atoms with Crippen LogP contribution in [0.1, 0.15) is 108 Å². The number of phenols is 1. The summed E-state index contributed by atoms with van der Waals surface area (Å²) in [5.41, 5.74) is 8.85. The van der Waals surface area contributed by atoms with Crippen molar-refractivity contribution in [1.82, 2.24) is 0 Å². The molecule has 0 atom stereocenters. The number of benzene rings is 3. The van der Waals surface area contributed by atoms with E-state index in [9.17, 15) is 5.11 Å². The van der Waals surface area contributed by atoms with Crippen molar-refractivity contribution in [2.24, 2.45) is 0 Å². The molecule has 3 aromatic rings. The van der Waals surface area contributed by atoms with Gasteiger partial charge >= 0.3 is 0 Å². The molecule has 210 valence electrons. The van der Waals surface area contributed by atoms with Gasteiger partial charge in [0.25, 0.3) is 0 Å². The van der Waals surface area contributed by atoms with Crippen LogP contribution in [0.3, 0.4) is 0 Å². The lowest BCUT2D eigenvalue weighted by molar-refractivity contribution is 0.473. The van der Waals surface area contributed by atoms with Gasteiger partial charge in [0.1, 0.15) is 5.75 Å². The van der Waals surface area contributed by atoms with E-state index in [1.54, 1.807) is 0 Å². The predicted molar refractivity (Wildman–Crippen MR) is 175 cm³/mol. The largest absolute Gasteiger partial charge is 0.507 e. The van der Waals surface area contributed by atoms with Crippen LogP contribution in [-0.4, -0.2) is 16.6 Å². The highest BCUT2D eigenvalue weighted by molar-refractivity contribution is 8.00. The van der Waals surface area contributed by atoms with Crippen LogP contribution in [0.2, 0.25) is 0 Å². The third-order valence-corrected chi connectivity index (χ3v) is 10.3. The molecule has 1 aliphatic rings. The second-order valence-corrected chi connectivity index (χ2v) is 13.4. The van der Waals surface area contributed by atoms with Gasteiger partial charge in [0.2, 0.25) is 0 Å². The average Bonchev–Trinajstić information content (AvgIpc) is 3.33. The van der Waals surface area contributed by atoms with E-state index in [1.165, 1.54) is 120 Å². The Balaban J connectivity index is 1.64. The van der Waals surface area contributed by atoms with Crippen molar-refractivity contribution in [3.8, 4) is 28.0 Å². The Labute approximate surface area is 246 Å². The summed E-state index contributed by atoms with van der Waals surface area (Å²) in [4.78, 5) is 2.78. The molecule has 0 unspecified atom stereocenters. The van der Waals surface area contributed by atoms with Crippen molar-refractivity contribution < 1.29 is 5.11 Å². The second kappa shape index (κ2) is 15.8. The van der Waals surface area contributed by atoms with Crippen LogP contribution >= 0.6 is 23.5 Å². The van der Waals surface area contributed by atoms with Gasteiger partial charge in [0.15, 0.2) is 0 Å². The zero-order chi connectivity index (χ0) is 27.5. The Hall–Kier alpha value is -1.84. The third kappa shape index (κ3) is 7.88. The molecular formula is C36H48OS2. The molecule has 0 radical (unpaired) electrons. The summed E-state index contributed by atoms with van der Waals surface area (Å²) in [7, 11) is 0. The van der Waals surface area contributed by atoms with Crippen LogP contribution in [0.25, 0.3) is 22.3 Å². The van der Waals surface area contributed by atoms with Crippen molar-refractivity contribution in [2.45, 2.75) is 114 Å². The van der Waals surface area contributed by atoms with E-state index in [1.807, 2.05) is 24.8 Å². The van der Waals surface area contributed by atoms with Crippen LogP contribution in [-0.2, 0) is 6.42 Å². The summed E-state index contributed by atoms with van der Waals surface area (Å²) in [6.45, 7) is 6.59. The highest BCUT2D eigenvalue weighted by atomic mass is 32.2. The second-order valence-electron chi connectivity index (χ2n) is 11.1. The lowest BCUT2D eigenvalue weighted by Crippen LogP contribution is -1.97. The van der Waals surface area contributed by atoms with E-state index < -0.39 is 0 Å². The van der Waals surface area contributed by atoms with Gasteiger partial charge in [-0.05, 0) is 71.6 Å². The first-order chi connectivity index (χ1) is 19.2. The zero-order valence-electron chi connectivity index (χ0n) is 24.5. The summed E-state index contributed by atoms with van der Waals surface area (Å²) in [6.07, 6.45) is 16.9. The van der Waals surface area contributed by atoms with Gasteiger partial charge in [0, 0.05) is 20.9 Å². The maximum absolute atomic E-state index is 11.2. The number of phenolic OH excluding ortho intramolecular Hbond substituents is 1. The van der Waals surface area contributed by atoms with Crippen molar-refractivity contribution >= 4 is 23.5 Å². The number of rotatable bonds is 17. The lowest BCUT2D eigenvalue weighted by atomic mass is 9.93. The average molecular weight is 561 g/mol. The first-order valence-corrected chi connectivity index (χ1v) is 17.5. The van der Waals surface area contributed by atoms with E-state index in [2.05, 4.69) is 68.1 Å². The van der Waals surface area contributed by atoms with Gasteiger partial charge in [-0.1, -0.05) is 121 Å². The topological polar surface area (TPSA) is 20.2 Å². The zero-order valence-corrected chi connectivity index (χ0v) is 26.1. The molecule has 1 nitrogen and oxygen atoms in total. The van der Waals surface area contributed by atoms with E-state index in [0.29, 0.717) is 5.75 Å². The monoisotopic (exact) mass is 560 g/mol. The smallest absolute Gasteiger partial charge is 0.126 e. The fourth-order valence-corrected chi connectivity index (χ4v) is 8.15. The van der Waals surface area contributed by atoms with Crippen LogP contribution in [0.4, 0.5) is 0 Å². The summed E-state index contributed by atoms with van der Waals surface area (Å²) in [5, 5.41) is 11.2. The van der Waals surface area contributed by atoms with Crippen LogP contribution in [0.5, 0.6) is 5.75 Å². The molecule has 0 aromatic heterocycles. The highest BCUT2D eigenvalue weighted by Gasteiger charge is 2.28. The number of aryl methyl sites for hydroxylation is 1. The lowest BCUT2D eigenvalue weighted by Gasteiger charge is -2.20. The van der Waals surface area contributed by atoms with Crippen molar-refractivity contribution in [2.75, 3.05) is 11.5 Å². The SMILES string of the molecule is CCCCCCCCSc1cc(SCCCCCCCC)c(-c2cccc(C)c2O)c2c1-c1ccccc1C2. The molecule has 0 amide bonds. The number of hydrogen-bond donors (Lipinski definition) is 1. The van der Waals surface area contributed by atoms with Crippen molar-refractivity contribution in [3.63, 3.8) is 0 Å². The Bertz CT molecular complexity index is 1200. The third-order valence-electron chi connectivity index (χ3n) is 8.03. The molecule has 1 aliphatic carbocycles. The van der Waals surface area contributed by atoms with Gasteiger partial charge in [-0.3, -0.25) is 0 Å². The fraction of sp³-hybridized carbons (Fsp3) is 0.500. The Morgan fingerprint density at radius 2 is 1.18 bits per heavy atom. The van der Waals surface area contributed by atoms with Gasteiger partial charge < -0.3 is 5.11 Å². The van der Waals surface area contributed by atoms with Crippen molar-refractivity contribution in [1.29, 1.82) is 0 Å². The minimum absolute atomic E-state index is 0.435. The summed E-state index contributed by atoms with van der Waals surface area (Å²) < 4.78 is 0. The number of aromatic hydroxyl groups is 1. The molecule has 1 N–H and O–H groups in total. The Kier molecular flexibility index (Phi) is 12.2. The molecule has 0 aliphatic heterocycles. The molecule has 0 heterocycles. The van der Waals surface area contributed by atoms with Gasteiger partial charge in [0.05, 0.1) is 0 Å². The van der Waals surface area contributed by atoms with Crippen LogP contribution in [0.15, 0.2) is 58.3 Å². The Morgan fingerprint density at radius 1 is 0.641 bits per heavy atom. The summed E-state index contributed by atoms with van der Waals surface area (Å²) in [5.74, 6) is 2.75. The molecule has 4 rings (SSSR count). The highest BCUT2D eigenvalue weighted by Crippen LogP contribution is 2.52. The normalized spacial score (nSPS) is 12.1. The first kappa shape index (κ1) is 30.1. The minimum Gasteiger partial charge on any atom is -0.507 e. The number of fused-ring (bicyclic) bond motifs is 3. The van der Waals surface area contributed by atoms with Crippen molar-refractivity contribution in [3.05, 3.63) is 65.2 Å². The minimum atomic E-state index is 0.435. The molecule has 0 fully saturated rings.